The van der Waals surface area contributed by atoms with Crippen LogP contribution < -0.4 is 5.73 Å². The van der Waals surface area contributed by atoms with Gasteiger partial charge < -0.3 is 5.73 Å². The molecule has 2 aliphatic rings. The van der Waals surface area contributed by atoms with Gasteiger partial charge in [0, 0.05) is 24.9 Å². The maximum Gasteiger partial charge on any atom is 0.152 e. The molecule has 1 saturated heterocycles. The van der Waals surface area contributed by atoms with Crippen molar-refractivity contribution in [2.24, 2.45) is 11.7 Å². The summed E-state index contributed by atoms with van der Waals surface area (Å²) in [6.45, 7) is 4.73. The van der Waals surface area contributed by atoms with E-state index >= 15 is 0 Å². The fourth-order valence-electron chi connectivity index (χ4n) is 3.93. The van der Waals surface area contributed by atoms with Gasteiger partial charge in [-0.2, -0.15) is 0 Å². The molecule has 3 atom stereocenters. The summed E-state index contributed by atoms with van der Waals surface area (Å²) in [5.74, 6) is 0.717. The lowest BCUT2D eigenvalue weighted by atomic mass is 9.95. The van der Waals surface area contributed by atoms with Crippen molar-refractivity contribution in [3.8, 4) is 0 Å². The van der Waals surface area contributed by atoms with Crippen LogP contribution in [-0.2, 0) is 9.84 Å². The van der Waals surface area contributed by atoms with E-state index < -0.39 is 9.84 Å². The van der Waals surface area contributed by atoms with Crippen LogP contribution in [0.3, 0.4) is 0 Å². The number of hydrogen-bond donors (Lipinski definition) is 1. The summed E-state index contributed by atoms with van der Waals surface area (Å²) in [6, 6.07) is 0. The van der Waals surface area contributed by atoms with E-state index in [2.05, 4.69) is 11.8 Å². The van der Waals surface area contributed by atoms with Crippen molar-refractivity contribution < 1.29 is 8.42 Å². The largest absolute Gasteiger partial charge is 0.329 e. The Balaban J connectivity index is 2.25. The second-order valence-corrected chi connectivity index (χ2v) is 8.26. The van der Waals surface area contributed by atoms with Gasteiger partial charge in [0.25, 0.3) is 0 Å². The van der Waals surface area contributed by atoms with Crippen molar-refractivity contribution in [1.29, 1.82) is 0 Å². The fraction of sp³-hybridized carbons (Fsp3) is 1.00. The first kappa shape index (κ1) is 14.3. The van der Waals surface area contributed by atoms with E-state index in [9.17, 15) is 8.42 Å². The van der Waals surface area contributed by atoms with E-state index in [1.165, 1.54) is 19.1 Å². The lowest BCUT2D eigenvalue weighted by molar-refractivity contribution is 0.127. The van der Waals surface area contributed by atoms with Crippen molar-refractivity contribution in [3.63, 3.8) is 0 Å². The maximum atomic E-state index is 12.0. The highest BCUT2D eigenvalue weighted by Crippen LogP contribution is 2.41. The number of rotatable bonds is 4. The van der Waals surface area contributed by atoms with Gasteiger partial charge in [-0.25, -0.2) is 8.42 Å². The van der Waals surface area contributed by atoms with Crippen LogP contribution in [0.1, 0.15) is 39.0 Å². The zero-order chi connectivity index (χ0) is 13.4. The molecule has 18 heavy (non-hydrogen) atoms. The summed E-state index contributed by atoms with van der Waals surface area (Å²) in [5, 5.41) is -0.259. The van der Waals surface area contributed by atoms with Gasteiger partial charge >= 0.3 is 0 Å². The second kappa shape index (κ2) is 5.10. The van der Waals surface area contributed by atoms with Gasteiger partial charge in [0.05, 0.1) is 5.25 Å². The van der Waals surface area contributed by atoms with E-state index in [1.54, 1.807) is 0 Å². The average molecular weight is 274 g/mol. The lowest BCUT2D eigenvalue weighted by Crippen LogP contribution is -2.59. The van der Waals surface area contributed by atoms with Crippen LogP contribution in [0.4, 0.5) is 0 Å². The van der Waals surface area contributed by atoms with E-state index in [1.807, 2.05) is 0 Å². The molecule has 0 spiro atoms. The number of hydrogen-bond acceptors (Lipinski definition) is 4. The van der Waals surface area contributed by atoms with Gasteiger partial charge in [0.2, 0.25) is 0 Å². The molecule has 2 N–H and O–H groups in total. The highest BCUT2D eigenvalue weighted by atomic mass is 32.2. The van der Waals surface area contributed by atoms with Crippen molar-refractivity contribution in [1.82, 2.24) is 4.90 Å². The minimum Gasteiger partial charge on any atom is -0.329 e. The number of likely N-dealkylation sites (tertiary alicyclic amines) is 1. The third kappa shape index (κ3) is 2.32. The molecule has 0 amide bonds. The first-order valence-corrected chi connectivity index (χ1v) is 9.03. The third-order valence-electron chi connectivity index (χ3n) is 5.04. The van der Waals surface area contributed by atoms with Crippen LogP contribution in [-0.4, -0.2) is 50.0 Å². The Bertz CT molecular complexity index is 396. The monoisotopic (exact) mass is 274 g/mol. The van der Waals surface area contributed by atoms with Crippen LogP contribution in [0.15, 0.2) is 0 Å². The summed E-state index contributed by atoms with van der Waals surface area (Å²) in [5.41, 5.74) is 5.74. The molecule has 5 heteroatoms. The molecule has 0 bridgehead atoms. The Hall–Kier alpha value is -0.130. The highest BCUT2D eigenvalue weighted by molar-refractivity contribution is 7.91. The van der Waals surface area contributed by atoms with E-state index in [-0.39, 0.29) is 10.8 Å². The van der Waals surface area contributed by atoms with Crippen molar-refractivity contribution in [2.45, 2.75) is 49.8 Å². The van der Waals surface area contributed by atoms with Crippen LogP contribution in [0, 0.1) is 5.92 Å². The quantitative estimate of drug-likeness (QED) is 0.831. The standard InChI is InChI=1S/C13H26N2O2S/c1-3-11-6-8-15(9-11)13(10-14)7-4-5-12(13)18(2,16)17/h11-12H,3-10,14H2,1-2H3. The minimum absolute atomic E-state index is 0.259. The Labute approximate surface area is 111 Å². The van der Waals surface area contributed by atoms with Gasteiger partial charge in [-0.05, 0) is 31.7 Å². The molecule has 1 aliphatic heterocycles. The highest BCUT2D eigenvalue weighted by Gasteiger charge is 2.52. The summed E-state index contributed by atoms with van der Waals surface area (Å²) in [6.07, 6.45) is 6.46. The molecule has 3 unspecified atom stereocenters. The molecule has 2 fully saturated rings. The van der Waals surface area contributed by atoms with E-state index in [4.69, 9.17) is 5.73 Å². The first-order chi connectivity index (χ1) is 8.44. The molecule has 106 valence electrons. The molecule has 0 aromatic rings. The van der Waals surface area contributed by atoms with Crippen LogP contribution in [0.25, 0.3) is 0 Å². The zero-order valence-corrected chi connectivity index (χ0v) is 12.4. The van der Waals surface area contributed by atoms with Crippen LogP contribution in [0.5, 0.6) is 0 Å². The van der Waals surface area contributed by atoms with Crippen molar-refractivity contribution in [3.05, 3.63) is 0 Å². The van der Waals surface area contributed by atoms with Gasteiger partial charge in [-0.3, -0.25) is 4.90 Å². The summed E-state index contributed by atoms with van der Waals surface area (Å²) < 4.78 is 24.1. The summed E-state index contributed by atoms with van der Waals surface area (Å²) >= 11 is 0. The number of nitrogens with two attached hydrogens (primary N) is 1. The Morgan fingerprint density at radius 2 is 2.11 bits per heavy atom. The second-order valence-electron chi connectivity index (χ2n) is 6.03. The molecular formula is C13H26N2O2S. The molecular weight excluding hydrogens is 248 g/mol. The minimum atomic E-state index is -3.01. The Morgan fingerprint density at radius 3 is 2.61 bits per heavy atom. The third-order valence-corrected chi connectivity index (χ3v) is 6.75. The zero-order valence-electron chi connectivity index (χ0n) is 11.6. The Morgan fingerprint density at radius 1 is 1.39 bits per heavy atom. The van der Waals surface area contributed by atoms with Gasteiger partial charge in [-0.15, -0.1) is 0 Å². The normalized spacial score (nSPS) is 38.4. The molecule has 1 saturated carbocycles. The van der Waals surface area contributed by atoms with Gasteiger partial charge in [0.15, 0.2) is 9.84 Å². The van der Waals surface area contributed by atoms with Gasteiger partial charge in [-0.1, -0.05) is 19.8 Å². The first-order valence-electron chi connectivity index (χ1n) is 7.08. The van der Waals surface area contributed by atoms with E-state index in [0.29, 0.717) is 12.5 Å². The SMILES string of the molecule is CCC1CCN(C2(CN)CCCC2S(C)(=O)=O)C1. The summed E-state index contributed by atoms with van der Waals surface area (Å²) in [7, 11) is -3.01. The molecule has 0 aromatic heterocycles. The maximum absolute atomic E-state index is 12.0. The number of sulfone groups is 1. The number of nitrogens with zero attached hydrogens (tertiary/aromatic N) is 1. The van der Waals surface area contributed by atoms with Gasteiger partial charge in [0.1, 0.15) is 0 Å². The van der Waals surface area contributed by atoms with Crippen LogP contribution in [0.2, 0.25) is 0 Å². The predicted octanol–water partition coefficient (Wildman–Crippen LogP) is 1.01. The lowest BCUT2D eigenvalue weighted by Gasteiger charge is -2.42. The molecule has 2 rings (SSSR count). The average Bonchev–Trinajstić information content (AvgIpc) is 2.95. The molecule has 0 radical (unpaired) electrons. The van der Waals surface area contributed by atoms with Crippen molar-refractivity contribution in [2.75, 3.05) is 25.9 Å². The van der Waals surface area contributed by atoms with Crippen LogP contribution >= 0.6 is 0 Å². The topological polar surface area (TPSA) is 63.4 Å². The predicted molar refractivity (Wildman–Crippen MR) is 74.2 cm³/mol. The molecule has 0 aromatic carbocycles. The van der Waals surface area contributed by atoms with Crippen molar-refractivity contribution >= 4 is 9.84 Å². The smallest absolute Gasteiger partial charge is 0.152 e. The fourth-order valence-corrected chi connectivity index (χ4v) is 5.69. The van der Waals surface area contributed by atoms with E-state index in [0.717, 1.165) is 32.4 Å². The molecule has 1 heterocycles. The molecule has 4 nitrogen and oxygen atoms in total. The Kier molecular flexibility index (Phi) is 4.04. The summed E-state index contributed by atoms with van der Waals surface area (Å²) in [4.78, 5) is 2.39. The molecule has 1 aliphatic carbocycles.